The first kappa shape index (κ1) is 26.0. The lowest BCUT2D eigenvalue weighted by Gasteiger charge is -2.21. The summed E-state index contributed by atoms with van der Waals surface area (Å²) in [5, 5.41) is 8.71. The van der Waals surface area contributed by atoms with Gasteiger partial charge in [-0.2, -0.15) is 0 Å². The van der Waals surface area contributed by atoms with E-state index in [1.165, 1.54) is 0 Å². The summed E-state index contributed by atoms with van der Waals surface area (Å²) in [5.41, 5.74) is 3.84. The van der Waals surface area contributed by atoms with E-state index in [4.69, 9.17) is 0 Å². The van der Waals surface area contributed by atoms with Crippen LogP contribution in [0.15, 0.2) is 84.9 Å². The summed E-state index contributed by atoms with van der Waals surface area (Å²) >= 11 is 0. The quantitative estimate of drug-likeness (QED) is 0.327. The molecule has 184 valence electrons. The van der Waals surface area contributed by atoms with Crippen molar-refractivity contribution in [1.29, 1.82) is 0 Å². The smallest absolute Gasteiger partial charge is 0.319 e. The first-order valence-corrected chi connectivity index (χ1v) is 12.4. The summed E-state index contributed by atoms with van der Waals surface area (Å²) < 4.78 is 0. The monoisotopic (exact) mass is 472 g/mol. The molecule has 0 aromatic heterocycles. The highest BCUT2D eigenvalue weighted by molar-refractivity contribution is 5.94. The molecule has 0 aliphatic carbocycles. The molecule has 0 spiro atoms. The molecular formula is C29H36N4O2. The van der Waals surface area contributed by atoms with E-state index < -0.39 is 12.1 Å². The van der Waals surface area contributed by atoms with E-state index in [1.54, 1.807) is 0 Å². The number of anilines is 1. The van der Waals surface area contributed by atoms with Crippen LogP contribution in [-0.2, 0) is 11.2 Å². The summed E-state index contributed by atoms with van der Waals surface area (Å²) in [6.45, 7) is 7.77. The summed E-state index contributed by atoms with van der Waals surface area (Å²) in [7, 11) is 0. The Bertz CT molecular complexity index is 1040. The fourth-order valence-electron chi connectivity index (χ4n) is 3.94. The highest BCUT2D eigenvalue weighted by atomic mass is 16.2. The van der Waals surface area contributed by atoms with Crippen molar-refractivity contribution >= 4 is 17.6 Å². The Labute approximate surface area is 208 Å². The molecule has 0 unspecified atom stereocenters. The van der Waals surface area contributed by atoms with Gasteiger partial charge < -0.3 is 20.9 Å². The second-order valence-corrected chi connectivity index (χ2v) is 8.46. The van der Waals surface area contributed by atoms with Gasteiger partial charge in [0.1, 0.15) is 6.04 Å². The third-order valence-corrected chi connectivity index (χ3v) is 6.00. The lowest BCUT2D eigenvalue weighted by atomic mass is 10.1. The number of nitrogens with one attached hydrogen (secondary N) is 3. The maximum atomic E-state index is 13.0. The SMILES string of the molecule is CCN(CC)CCCNC(=O)[C@H](Cc1ccccc1)NC(=O)Nc1ccc(-c2ccccc2)cc1. The van der Waals surface area contributed by atoms with Gasteiger partial charge >= 0.3 is 6.03 Å². The molecule has 3 N–H and O–H groups in total. The molecule has 3 amide bonds. The Balaban J connectivity index is 1.58. The van der Waals surface area contributed by atoms with E-state index in [0.29, 0.717) is 18.7 Å². The van der Waals surface area contributed by atoms with Crippen LogP contribution in [0.3, 0.4) is 0 Å². The number of carbonyl (C=O) groups excluding carboxylic acids is 2. The molecule has 0 saturated heterocycles. The molecular weight excluding hydrogens is 436 g/mol. The number of nitrogens with zero attached hydrogens (tertiary/aromatic N) is 1. The van der Waals surface area contributed by atoms with Crippen molar-refractivity contribution < 1.29 is 9.59 Å². The Morgan fingerprint density at radius 3 is 2.03 bits per heavy atom. The Morgan fingerprint density at radius 1 is 0.800 bits per heavy atom. The molecule has 6 heteroatoms. The first-order chi connectivity index (χ1) is 17.1. The maximum absolute atomic E-state index is 13.0. The number of hydrogen-bond acceptors (Lipinski definition) is 3. The largest absolute Gasteiger partial charge is 0.354 e. The van der Waals surface area contributed by atoms with Crippen molar-refractivity contribution in [3.8, 4) is 11.1 Å². The average Bonchev–Trinajstić information content (AvgIpc) is 2.90. The zero-order valence-electron chi connectivity index (χ0n) is 20.7. The summed E-state index contributed by atoms with van der Waals surface area (Å²) in [4.78, 5) is 28.0. The predicted octanol–water partition coefficient (Wildman–Crippen LogP) is 4.93. The van der Waals surface area contributed by atoms with Crippen molar-refractivity contribution in [2.75, 3.05) is 31.5 Å². The molecule has 0 fully saturated rings. The number of urea groups is 1. The molecule has 0 aliphatic heterocycles. The Morgan fingerprint density at radius 2 is 1.40 bits per heavy atom. The molecule has 0 bridgehead atoms. The summed E-state index contributed by atoms with van der Waals surface area (Å²) in [5.74, 6) is -0.178. The van der Waals surface area contributed by atoms with Gasteiger partial charge in [0.2, 0.25) is 5.91 Å². The normalized spacial score (nSPS) is 11.6. The first-order valence-electron chi connectivity index (χ1n) is 12.4. The van der Waals surface area contributed by atoms with Crippen LogP contribution in [0.25, 0.3) is 11.1 Å². The molecule has 0 saturated carbocycles. The van der Waals surface area contributed by atoms with Crippen LogP contribution in [-0.4, -0.2) is 49.1 Å². The van der Waals surface area contributed by atoms with Gasteiger partial charge in [0, 0.05) is 18.7 Å². The van der Waals surface area contributed by atoms with E-state index in [1.807, 2.05) is 84.9 Å². The lowest BCUT2D eigenvalue weighted by molar-refractivity contribution is -0.122. The minimum absolute atomic E-state index is 0.178. The summed E-state index contributed by atoms with van der Waals surface area (Å²) in [6.07, 6.45) is 1.29. The molecule has 0 radical (unpaired) electrons. The van der Waals surface area contributed by atoms with E-state index in [2.05, 4.69) is 34.7 Å². The fraction of sp³-hybridized carbons (Fsp3) is 0.310. The highest BCUT2D eigenvalue weighted by Crippen LogP contribution is 2.21. The lowest BCUT2D eigenvalue weighted by Crippen LogP contribution is -2.49. The average molecular weight is 473 g/mol. The van der Waals surface area contributed by atoms with Crippen molar-refractivity contribution in [2.24, 2.45) is 0 Å². The highest BCUT2D eigenvalue weighted by Gasteiger charge is 2.21. The molecule has 3 aromatic rings. The van der Waals surface area contributed by atoms with E-state index in [-0.39, 0.29) is 5.91 Å². The molecule has 3 rings (SSSR count). The van der Waals surface area contributed by atoms with E-state index in [9.17, 15) is 9.59 Å². The molecule has 0 heterocycles. The minimum Gasteiger partial charge on any atom is -0.354 e. The van der Waals surface area contributed by atoms with Gasteiger partial charge in [-0.25, -0.2) is 4.79 Å². The van der Waals surface area contributed by atoms with E-state index in [0.717, 1.165) is 42.7 Å². The molecule has 35 heavy (non-hydrogen) atoms. The third kappa shape index (κ3) is 8.58. The van der Waals surface area contributed by atoms with Gasteiger partial charge in [-0.05, 0) is 54.9 Å². The number of hydrogen-bond donors (Lipinski definition) is 3. The summed E-state index contributed by atoms with van der Waals surface area (Å²) in [6, 6.07) is 26.4. The zero-order valence-corrected chi connectivity index (χ0v) is 20.7. The van der Waals surface area contributed by atoms with Gasteiger partial charge in [0.25, 0.3) is 0 Å². The molecule has 0 aliphatic rings. The number of rotatable bonds is 12. The van der Waals surface area contributed by atoms with Gasteiger partial charge in [0.05, 0.1) is 0 Å². The number of amides is 3. The fourth-order valence-corrected chi connectivity index (χ4v) is 3.94. The number of benzene rings is 3. The minimum atomic E-state index is -0.672. The Hall–Kier alpha value is -3.64. The van der Waals surface area contributed by atoms with Crippen LogP contribution in [0.1, 0.15) is 25.8 Å². The van der Waals surface area contributed by atoms with Crippen LogP contribution in [0.4, 0.5) is 10.5 Å². The van der Waals surface area contributed by atoms with Crippen LogP contribution in [0, 0.1) is 0 Å². The van der Waals surface area contributed by atoms with Crippen LogP contribution in [0.2, 0.25) is 0 Å². The van der Waals surface area contributed by atoms with Crippen molar-refractivity contribution in [3.63, 3.8) is 0 Å². The van der Waals surface area contributed by atoms with Crippen LogP contribution in [0.5, 0.6) is 0 Å². The predicted molar refractivity (Wildman–Crippen MR) is 143 cm³/mol. The van der Waals surface area contributed by atoms with Gasteiger partial charge in [-0.15, -0.1) is 0 Å². The van der Waals surface area contributed by atoms with Gasteiger partial charge in [-0.1, -0.05) is 86.6 Å². The molecule has 1 atom stereocenters. The standard InChI is InChI=1S/C29H36N4O2/c1-3-33(4-2)21-11-20-30-28(34)27(22-23-12-7-5-8-13-23)32-29(35)31-26-18-16-25(17-19-26)24-14-9-6-10-15-24/h5-10,12-19,27H,3-4,11,20-22H2,1-2H3,(H,30,34)(H2,31,32,35)/t27-/m0/s1. The van der Waals surface area contributed by atoms with Crippen molar-refractivity contribution in [2.45, 2.75) is 32.7 Å². The van der Waals surface area contributed by atoms with Crippen molar-refractivity contribution in [3.05, 3.63) is 90.5 Å². The van der Waals surface area contributed by atoms with Gasteiger partial charge in [0.15, 0.2) is 0 Å². The topological polar surface area (TPSA) is 73.5 Å². The second kappa shape index (κ2) is 13.9. The van der Waals surface area contributed by atoms with Gasteiger partial charge in [-0.3, -0.25) is 4.79 Å². The molecule has 6 nitrogen and oxygen atoms in total. The second-order valence-electron chi connectivity index (χ2n) is 8.46. The van der Waals surface area contributed by atoms with E-state index >= 15 is 0 Å². The van der Waals surface area contributed by atoms with Crippen molar-refractivity contribution in [1.82, 2.24) is 15.5 Å². The molecule has 3 aromatic carbocycles. The van der Waals surface area contributed by atoms with Crippen LogP contribution < -0.4 is 16.0 Å². The zero-order chi connectivity index (χ0) is 24.9. The Kier molecular flexibility index (Phi) is 10.3. The number of carbonyl (C=O) groups is 2. The maximum Gasteiger partial charge on any atom is 0.319 e. The van der Waals surface area contributed by atoms with Crippen LogP contribution >= 0.6 is 0 Å². The third-order valence-electron chi connectivity index (χ3n) is 6.00.